The zero-order valence-electron chi connectivity index (χ0n) is 11.8. The molecule has 0 radical (unpaired) electrons. The predicted octanol–water partition coefficient (Wildman–Crippen LogP) is 2.23. The molecule has 0 aromatic heterocycles. The fraction of sp³-hybridized carbons (Fsp3) is 0.533. The van der Waals surface area contributed by atoms with Crippen molar-refractivity contribution in [3.63, 3.8) is 0 Å². The summed E-state index contributed by atoms with van der Waals surface area (Å²) in [5, 5.41) is 2.84. The first-order valence-electron chi connectivity index (χ1n) is 7.28. The monoisotopic (exact) mass is 275 g/mol. The number of nitrogen functional groups attached to an aromatic ring is 1. The highest BCUT2D eigenvalue weighted by Gasteiger charge is 2.23. The minimum Gasteiger partial charge on any atom is -0.482 e. The number of fused-ring (bicyclic) bond motifs is 1. The molecule has 20 heavy (non-hydrogen) atoms. The average Bonchev–Trinajstić information content (AvgIpc) is 2.47. The molecule has 2 aliphatic heterocycles. The second kappa shape index (κ2) is 5.23. The van der Waals surface area contributed by atoms with Crippen LogP contribution in [0.2, 0.25) is 0 Å². The van der Waals surface area contributed by atoms with E-state index in [2.05, 4.69) is 17.1 Å². The van der Waals surface area contributed by atoms with E-state index in [9.17, 15) is 4.79 Å². The molecule has 0 aliphatic carbocycles. The molecule has 5 heteroatoms. The summed E-state index contributed by atoms with van der Waals surface area (Å²) in [5.41, 5.74) is 8.59. The maximum absolute atomic E-state index is 11.4. The highest BCUT2D eigenvalue weighted by molar-refractivity contribution is 5.97. The minimum absolute atomic E-state index is 0.0632. The number of ether oxygens (including phenoxy) is 1. The second-order valence-electron chi connectivity index (χ2n) is 5.58. The number of carbonyl (C=O) groups is 1. The SMILES string of the molecule is CCC1CCN(c2cc3c(cc2N)OCC(=O)N3)CC1. The molecule has 0 saturated carbocycles. The number of piperidine rings is 1. The Hall–Kier alpha value is -1.91. The maximum atomic E-state index is 11.4. The van der Waals surface area contributed by atoms with E-state index >= 15 is 0 Å². The summed E-state index contributed by atoms with van der Waals surface area (Å²) in [6.45, 7) is 4.36. The molecule has 2 aliphatic rings. The van der Waals surface area contributed by atoms with Crippen LogP contribution in [0.5, 0.6) is 5.75 Å². The van der Waals surface area contributed by atoms with Crippen LogP contribution in [0.1, 0.15) is 26.2 Å². The molecule has 1 amide bonds. The fourth-order valence-electron chi connectivity index (χ4n) is 2.99. The Labute approximate surface area is 119 Å². The number of benzene rings is 1. The predicted molar refractivity (Wildman–Crippen MR) is 80.2 cm³/mol. The van der Waals surface area contributed by atoms with Crippen LogP contribution in [-0.2, 0) is 4.79 Å². The third-order valence-electron chi connectivity index (χ3n) is 4.29. The Morgan fingerprint density at radius 1 is 1.40 bits per heavy atom. The molecular formula is C15H21N3O2. The van der Waals surface area contributed by atoms with Crippen LogP contribution < -0.4 is 20.7 Å². The lowest BCUT2D eigenvalue weighted by Crippen LogP contribution is -2.34. The lowest BCUT2D eigenvalue weighted by atomic mass is 9.94. The first-order chi connectivity index (χ1) is 9.67. The second-order valence-corrected chi connectivity index (χ2v) is 5.58. The first kappa shape index (κ1) is 13.1. The lowest BCUT2D eigenvalue weighted by molar-refractivity contribution is -0.118. The van der Waals surface area contributed by atoms with E-state index in [4.69, 9.17) is 10.5 Å². The molecule has 0 bridgehead atoms. The molecule has 108 valence electrons. The lowest BCUT2D eigenvalue weighted by Gasteiger charge is -2.34. The van der Waals surface area contributed by atoms with Gasteiger partial charge >= 0.3 is 0 Å². The number of anilines is 3. The summed E-state index contributed by atoms with van der Waals surface area (Å²) in [5.74, 6) is 1.38. The van der Waals surface area contributed by atoms with Crippen molar-refractivity contribution in [2.45, 2.75) is 26.2 Å². The third kappa shape index (κ3) is 2.40. The van der Waals surface area contributed by atoms with Gasteiger partial charge < -0.3 is 20.7 Å². The van der Waals surface area contributed by atoms with Crippen LogP contribution in [0.15, 0.2) is 12.1 Å². The van der Waals surface area contributed by atoms with Gasteiger partial charge in [0, 0.05) is 19.2 Å². The topological polar surface area (TPSA) is 67.6 Å². The Bertz CT molecular complexity index is 522. The molecule has 1 aromatic carbocycles. The Morgan fingerprint density at radius 3 is 2.85 bits per heavy atom. The quantitative estimate of drug-likeness (QED) is 0.812. The van der Waals surface area contributed by atoms with E-state index in [1.54, 1.807) is 0 Å². The minimum atomic E-state index is -0.113. The Morgan fingerprint density at radius 2 is 2.15 bits per heavy atom. The number of rotatable bonds is 2. The van der Waals surface area contributed by atoms with Gasteiger partial charge in [-0.25, -0.2) is 0 Å². The van der Waals surface area contributed by atoms with Crippen LogP contribution in [0.4, 0.5) is 17.1 Å². The number of carbonyl (C=O) groups excluding carboxylic acids is 1. The fourth-order valence-corrected chi connectivity index (χ4v) is 2.99. The molecule has 3 rings (SSSR count). The van der Waals surface area contributed by atoms with Crippen molar-refractivity contribution >= 4 is 23.0 Å². The van der Waals surface area contributed by atoms with Crippen molar-refractivity contribution in [3.8, 4) is 5.75 Å². The number of amides is 1. The third-order valence-corrected chi connectivity index (χ3v) is 4.29. The molecular weight excluding hydrogens is 254 g/mol. The highest BCUT2D eigenvalue weighted by Crippen LogP contribution is 2.38. The van der Waals surface area contributed by atoms with E-state index in [-0.39, 0.29) is 12.5 Å². The van der Waals surface area contributed by atoms with Crippen LogP contribution in [0.25, 0.3) is 0 Å². The van der Waals surface area contributed by atoms with Gasteiger partial charge in [-0.3, -0.25) is 4.79 Å². The Balaban J connectivity index is 1.83. The van der Waals surface area contributed by atoms with Crippen LogP contribution in [0.3, 0.4) is 0 Å². The molecule has 1 aromatic rings. The molecule has 5 nitrogen and oxygen atoms in total. The van der Waals surface area contributed by atoms with Crippen molar-refractivity contribution in [1.29, 1.82) is 0 Å². The van der Waals surface area contributed by atoms with Crippen molar-refractivity contribution in [3.05, 3.63) is 12.1 Å². The summed E-state index contributed by atoms with van der Waals surface area (Å²) in [7, 11) is 0. The van der Waals surface area contributed by atoms with Crippen LogP contribution in [-0.4, -0.2) is 25.6 Å². The molecule has 1 saturated heterocycles. The zero-order chi connectivity index (χ0) is 14.1. The summed E-state index contributed by atoms with van der Waals surface area (Å²) in [4.78, 5) is 13.7. The molecule has 0 unspecified atom stereocenters. The maximum Gasteiger partial charge on any atom is 0.262 e. The normalized spacial score (nSPS) is 19.2. The van der Waals surface area contributed by atoms with Gasteiger partial charge in [-0.1, -0.05) is 13.3 Å². The van der Waals surface area contributed by atoms with Gasteiger partial charge in [0.05, 0.1) is 17.1 Å². The van der Waals surface area contributed by atoms with Gasteiger partial charge in [-0.05, 0) is 24.8 Å². The van der Waals surface area contributed by atoms with Crippen molar-refractivity contribution < 1.29 is 9.53 Å². The van der Waals surface area contributed by atoms with Crippen molar-refractivity contribution in [2.75, 3.05) is 35.6 Å². The summed E-state index contributed by atoms with van der Waals surface area (Å²) in [6, 6.07) is 3.75. The first-order valence-corrected chi connectivity index (χ1v) is 7.28. The van der Waals surface area contributed by atoms with Crippen molar-refractivity contribution in [1.82, 2.24) is 0 Å². The number of hydrogen-bond acceptors (Lipinski definition) is 4. The average molecular weight is 275 g/mol. The van der Waals surface area contributed by atoms with Crippen LogP contribution in [0, 0.1) is 5.92 Å². The number of hydrogen-bond donors (Lipinski definition) is 2. The molecule has 0 spiro atoms. The molecule has 2 heterocycles. The summed E-state index contributed by atoms with van der Waals surface area (Å²) in [6.07, 6.45) is 3.66. The van der Waals surface area contributed by atoms with E-state index in [0.29, 0.717) is 5.75 Å². The van der Waals surface area contributed by atoms with E-state index in [1.807, 2.05) is 12.1 Å². The molecule has 1 fully saturated rings. The number of nitrogens with two attached hydrogens (primary N) is 1. The zero-order valence-corrected chi connectivity index (χ0v) is 11.8. The summed E-state index contributed by atoms with van der Waals surface area (Å²) < 4.78 is 5.38. The number of nitrogens with zero attached hydrogens (tertiary/aromatic N) is 1. The summed E-state index contributed by atoms with van der Waals surface area (Å²) >= 11 is 0. The van der Waals surface area contributed by atoms with Gasteiger partial charge in [0.15, 0.2) is 6.61 Å². The number of nitrogens with one attached hydrogen (secondary N) is 1. The standard InChI is InChI=1S/C15H21N3O2/c1-2-10-3-5-18(6-4-10)13-8-12-14(7-11(13)16)20-9-15(19)17-12/h7-8,10H,2-6,9,16H2,1H3,(H,17,19). The largest absolute Gasteiger partial charge is 0.482 e. The smallest absolute Gasteiger partial charge is 0.262 e. The van der Waals surface area contributed by atoms with Gasteiger partial charge in [-0.2, -0.15) is 0 Å². The van der Waals surface area contributed by atoms with Crippen molar-refractivity contribution in [2.24, 2.45) is 5.92 Å². The van der Waals surface area contributed by atoms with Crippen LogP contribution >= 0.6 is 0 Å². The van der Waals surface area contributed by atoms with E-state index in [1.165, 1.54) is 19.3 Å². The molecule has 3 N–H and O–H groups in total. The molecule has 0 atom stereocenters. The van der Waals surface area contributed by atoms with Gasteiger partial charge in [0.25, 0.3) is 5.91 Å². The Kier molecular flexibility index (Phi) is 3.42. The van der Waals surface area contributed by atoms with E-state index < -0.39 is 0 Å². The van der Waals surface area contributed by atoms with Gasteiger partial charge in [0.1, 0.15) is 5.75 Å². The van der Waals surface area contributed by atoms with Gasteiger partial charge in [-0.15, -0.1) is 0 Å². The highest BCUT2D eigenvalue weighted by atomic mass is 16.5. The van der Waals surface area contributed by atoms with E-state index in [0.717, 1.165) is 36.1 Å². The van der Waals surface area contributed by atoms with Gasteiger partial charge in [0.2, 0.25) is 0 Å².